The highest BCUT2D eigenvalue weighted by Gasteiger charge is 2.64. The number of ether oxygens (including phenoxy) is 5. The maximum Gasteiger partial charge on any atom is 0.409 e. The third-order valence-corrected chi connectivity index (χ3v) is 13.8. The third kappa shape index (κ3) is 10.5. The van der Waals surface area contributed by atoms with Crippen LogP contribution in [0.5, 0.6) is 5.75 Å². The zero-order valence-corrected chi connectivity index (χ0v) is 36.0. The molecule has 0 aliphatic carbocycles. The predicted molar refractivity (Wildman–Crippen MR) is 215 cm³/mol. The molecule has 13 nitrogen and oxygen atoms in total. The molecule has 8 atom stereocenters. The van der Waals surface area contributed by atoms with Crippen molar-refractivity contribution in [3.8, 4) is 5.75 Å². The largest absolute Gasteiger partial charge is 0.495 e. The number of esters is 1. The first-order chi connectivity index (χ1) is 25.7. The average Bonchev–Trinajstić information content (AvgIpc) is 3.82. The zero-order valence-electron chi connectivity index (χ0n) is 33.6. The molecule has 0 spiro atoms. The van der Waals surface area contributed by atoms with Crippen molar-refractivity contribution in [2.45, 2.75) is 120 Å². The van der Waals surface area contributed by atoms with Crippen LogP contribution in [-0.4, -0.2) is 115 Å². The minimum atomic E-state index is -1.83. The maximum atomic E-state index is 14.2. The Morgan fingerprint density at radius 2 is 1.95 bits per heavy atom. The maximum absolute atomic E-state index is 14.2. The smallest absolute Gasteiger partial charge is 0.409 e. The van der Waals surface area contributed by atoms with E-state index in [-0.39, 0.29) is 34.9 Å². The number of allylic oxidation sites excluding steroid dienone is 3. The molecule has 3 heterocycles. The van der Waals surface area contributed by atoms with Gasteiger partial charge in [-0.1, -0.05) is 63.9 Å². The van der Waals surface area contributed by atoms with E-state index in [0.29, 0.717) is 24.3 Å². The standard InChI is InChI=1S/C39H56ClN3O10S2/c1-22-13-12-14-29(50-10)39(48)21-28(51-36(47)41-39)23(2)34-38(6,53-34)30(20-32(45)43(8)26-18-25(17-22)19-27(49-9)33(26)40)52-35(46)24(3)42(7)31(44)15-16-37(4,5)55-54-11/h12-14,18-19,23-24,28-30,34,48H,15-17,20-21H2,1-11H3,(H,41,47)/b14-12+,22-13+/t23?,24-,28+,29?,30?,34?,38?,39?/m1/s1. The SMILES string of the molecule is COc1cc2cc(c1Cl)N(C)C(=O)CC(OC(=O)[C@@H](C)N(C)C(=O)CCC(C)(C)SSC)C1(C)OC1C(C)[C@@H]1CC(O)(NC(=O)O1)C(OC)/C=C/C=C(\C)C2. The number of carbonyl (C=O) groups excluding carboxylic acids is 4. The third-order valence-electron chi connectivity index (χ3n) is 10.8. The first-order valence-electron chi connectivity index (χ1n) is 18.3. The number of halogens is 1. The number of carbonyl (C=O) groups is 4. The summed E-state index contributed by atoms with van der Waals surface area (Å²) < 4.78 is 29.2. The molecule has 2 fully saturated rings. The Kier molecular flexibility index (Phi) is 14.7. The number of anilines is 1. The lowest BCUT2D eigenvalue weighted by atomic mass is 9.83. The highest BCUT2D eigenvalue weighted by atomic mass is 35.5. The average molecular weight is 826 g/mol. The van der Waals surface area contributed by atoms with E-state index in [2.05, 4.69) is 19.2 Å². The second-order valence-corrected chi connectivity index (χ2v) is 18.9. The Balaban J connectivity index is 1.71. The van der Waals surface area contributed by atoms with Crippen LogP contribution in [-0.2, 0) is 39.8 Å². The van der Waals surface area contributed by atoms with Crippen molar-refractivity contribution in [3.05, 3.63) is 46.5 Å². The number of benzene rings is 1. The van der Waals surface area contributed by atoms with Crippen molar-refractivity contribution in [1.29, 1.82) is 0 Å². The van der Waals surface area contributed by atoms with Crippen LogP contribution >= 0.6 is 33.2 Å². The van der Waals surface area contributed by atoms with E-state index in [9.17, 15) is 24.3 Å². The normalized spacial score (nSPS) is 30.8. The van der Waals surface area contributed by atoms with Gasteiger partial charge in [0.25, 0.3) is 0 Å². The van der Waals surface area contributed by atoms with E-state index in [1.54, 1.807) is 73.8 Å². The number of methoxy groups -OCH3 is 2. The summed E-state index contributed by atoms with van der Waals surface area (Å²) in [5.41, 5.74) is -0.900. The van der Waals surface area contributed by atoms with Crippen molar-refractivity contribution >= 4 is 62.8 Å². The molecule has 16 heteroatoms. The molecule has 1 aromatic carbocycles. The number of fused-ring (bicyclic) bond motifs is 5. The number of aliphatic hydroxyl groups is 1. The van der Waals surface area contributed by atoms with E-state index in [1.165, 1.54) is 24.0 Å². The van der Waals surface area contributed by atoms with Crippen molar-refractivity contribution < 1.29 is 48.0 Å². The molecule has 3 aliphatic heterocycles. The fraction of sp³-hybridized carbons (Fsp3) is 0.641. The molecular weight excluding hydrogens is 770 g/mol. The van der Waals surface area contributed by atoms with Crippen LogP contribution in [0, 0.1) is 5.92 Å². The lowest BCUT2D eigenvalue weighted by Gasteiger charge is -2.42. The van der Waals surface area contributed by atoms with Gasteiger partial charge in [0.15, 0.2) is 5.72 Å². The minimum Gasteiger partial charge on any atom is -0.495 e. The molecule has 3 aliphatic rings. The summed E-state index contributed by atoms with van der Waals surface area (Å²) in [6.07, 6.45) is 3.81. The summed E-state index contributed by atoms with van der Waals surface area (Å²) in [4.78, 5) is 56.9. The zero-order chi connectivity index (χ0) is 41.0. The summed E-state index contributed by atoms with van der Waals surface area (Å²) in [6, 6.07) is 2.62. The van der Waals surface area contributed by atoms with Gasteiger partial charge < -0.3 is 38.6 Å². The van der Waals surface area contributed by atoms with Crippen LogP contribution in [0.1, 0.15) is 72.8 Å². The number of amides is 3. The molecule has 0 aromatic heterocycles. The number of nitrogens with one attached hydrogen (secondary N) is 1. The second-order valence-electron chi connectivity index (χ2n) is 15.4. The van der Waals surface area contributed by atoms with Crippen LogP contribution in [0.2, 0.25) is 5.02 Å². The monoisotopic (exact) mass is 825 g/mol. The molecule has 2 saturated heterocycles. The predicted octanol–water partition coefficient (Wildman–Crippen LogP) is 6.08. The van der Waals surface area contributed by atoms with E-state index in [1.807, 2.05) is 26.2 Å². The lowest BCUT2D eigenvalue weighted by Crippen LogP contribution is -2.63. The summed E-state index contributed by atoms with van der Waals surface area (Å²) in [7, 11) is 9.39. The number of rotatable bonds is 10. The fourth-order valence-corrected chi connectivity index (χ4v) is 9.62. The highest BCUT2D eigenvalue weighted by Crippen LogP contribution is 2.49. The molecule has 4 bridgehead atoms. The summed E-state index contributed by atoms with van der Waals surface area (Å²) in [5, 5.41) is 14.5. The quantitative estimate of drug-likeness (QED) is 0.160. The van der Waals surface area contributed by atoms with Crippen LogP contribution in [0.3, 0.4) is 0 Å². The topological polar surface area (TPSA) is 156 Å². The van der Waals surface area contributed by atoms with Crippen LogP contribution < -0.4 is 15.0 Å². The Morgan fingerprint density at radius 3 is 2.58 bits per heavy atom. The van der Waals surface area contributed by atoms with Crippen molar-refractivity contribution in [3.63, 3.8) is 0 Å². The van der Waals surface area contributed by atoms with Gasteiger partial charge in [-0.2, -0.15) is 0 Å². The summed E-state index contributed by atoms with van der Waals surface area (Å²) in [6.45, 7) is 11.2. The van der Waals surface area contributed by atoms with Gasteiger partial charge in [-0.15, -0.1) is 0 Å². The first-order valence-corrected chi connectivity index (χ1v) is 21.2. The van der Waals surface area contributed by atoms with Crippen molar-refractivity contribution in [2.24, 2.45) is 5.92 Å². The van der Waals surface area contributed by atoms with Gasteiger partial charge in [-0.3, -0.25) is 14.9 Å². The minimum absolute atomic E-state index is 0.0478. The highest BCUT2D eigenvalue weighted by molar-refractivity contribution is 8.76. The number of hydrogen-bond donors (Lipinski definition) is 2. The van der Waals surface area contributed by atoms with E-state index in [0.717, 1.165) is 11.1 Å². The molecule has 0 radical (unpaired) electrons. The van der Waals surface area contributed by atoms with Gasteiger partial charge in [0, 0.05) is 44.7 Å². The Morgan fingerprint density at radius 1 is 1.25 bits per heavy atom. The van der Waals surface area contributed by atoms with Crippen molar-refractivity contribution in [2.75, 3.05) is 39.5 Å². The van der Waals surface area contributed by atoms with E-state index in [4.69, 9.17) is 35.3 Å². The molecule has 4 rings (SSSR count). The van der Waals surface area contributed by atoms with E-state index >= 15 is 0 Å². The summed E-state index contributed by atoms with van der Waals surface area (Å²) in [5.74, 6) is -1.50. The van der Waals surface area contributed by atoms with Crippen LogP contribution in [0.25, 0.3) is 0 Å². The molecule has 0 saturated carbocycles. The second kappa shape index (κ2) is 18.1. The molecule has 3 amide bonds. The molecular formula is C39H56ClN3O10S2. The number of nitrogens with zero attached hydrogens (tertiary/aromatic N) is 2. The first kappa shape index (κ1) is 44.8. The lowest BCUT2D eigenvalue weighted by molar-refractivity contribution is -0.162. The molecule has 6 unspecified atom stereocenters. The number of likely N-dealkylation sites (N-methyl/N-ethyl adjacent to an activating group) is 1. The summed E-state index contributed by atoms with van der Waals surface area (Å²) >= 11 is 6.78. The number of epoxide rings is 1. The van der Waals surface area contributed by atoms with Gasteiger partial charge in [0.2, 0.25) is 11.8 Å². The van der Waals surface area contributed by atoms with Crippen molar-refractivity contribution in [1.82, 2.24) is 10.2 Å². The molecule has 306 valence electrons. The van der Waals surface area contributed by atoms with Crippen LogP contribution in [0.4, 0.5) is 10.5 Å². The Labute approximate surface area is 337 Å². The van der Waals surface area contributed by atoms with Gasteiger partial charge in [-0.05, 0) is 71.4 Å². The number of hydrogen-bond acceptors (Lipinski definition) is 12. The fourth-order valence-electron chi connectivity index (χ4n) is 7.07. The molecule has 2 N–H and O–H groups in total. The Bertz CT molecular complexity index is 1680. The number of alkyl carbamates (subject to hydrolysis) is 1. The van der Waals surface area contributed by atoms with Crippen LogP contribution in [0.15, 0.2) is 35.9 Å². The van der Waals surface area contributed by atoms with Gasteiger partial charge in [0.05, 0.1) is 25.3 Å². The molecule has 1 aromatic rings. The van der Waals surface area contributed by atoms with Gasteiger partial charge in [-0.25, -0.2) is 9.59 Å². The Hall–Kier alpha value is -2.95. The molecule has 55 heavy (non-hydrogen) atoms. The van der Waals surface area contributed by atoms with E-state index < -0.39 is 65.7 Å². The van der Waals surface area contributed by atoms with Gasteiger partial charge >= 0.3 is 12.1 Å². The van der Waals surface area contributed by atoms with Gasteiger partial charge in [0.1, 0.15) is 40.7 Å².